The number of benzene rings is 1. The molecule has 166 valence electrons. The van der Waals surface area contributed by atoms with Crippen molar-refractivity contribution >= 4 is 23.5 Å². The number of hydrogen-bond donors (Lipinski definition) is 1. The summed E-state index contributed by atoms with van der Waals surface area (Å²) in [5.41, 5.74) is 1.97. The molecule has 0 bridgehead atoms. The standard InChI is InChI=1S/C21H28N6O4/c1-5-22-21(23-11-15-6-7-18(30-3)17(10-15)20(29)31-4)26-8-9-27(19(28)14-26)16-12-24-25(2)13-16/h6-7,10,12-13H,5,8-9,11,14H2,1-4H3,(H,22,23). The summed E-state index contributed by atoms with van der Waals surface area (Å²) in [6.07, 6.45) is 3.52. The number of guanidine groups is 1. The molecule has 10 nitrogen and oxygen atoms in total. The van der Waals surface area contributed by atoms with E-state index in [0.29, 0.717) is 43.5 Å². The van der Waals surface area contributed by atoms with Crippen LogP contribution in [-0.2, 0) is 23.1 Å². The first kappa shape index (κ1) is 22.1. The Bertz CT molecular complexity index is 971. The maximum atomic E-state index is 12.7. The number of nitrogens with zero attached hydrogens (tertiary/aromatic N) is 5. The maximum Gasteiger partial charge on any atom is 0.341 e. The zero-order valence-electron chi connectivity index (χ0n) is 18.3. The average Bonchev–Trinajstić information content (AvgIpc) is 3.21. The van der Waals surface area contributed by atoms with Crippen molar-refractivity contribution in [3.05, 3.63) is 41.7 Å². The number of piperazine rings is 1. The number of nitrogens with one attached hydrogen (secondary N) is 1. The first-order valence-electron chi connectivity index (χ1n) is 10.0. The van der Waals surface area contributed by atoms with Crippen molar-refractivity contribution in [2.24, 2.45) is 12.0 Å². The fourth-order valence-corrected chi connectivity index (χ4v) is 3.39. The van der Waals surface area contributed by atoms with Gasteiger partial charge in [-0.1, -0.05) is 6.07 Å². The zero-order valence-corrected chi connectivity index (χ0v) is 18.3. The second kappa shape index (κ2) is 9.96. The van der Waals surface area contributed by atoms with Gasteiger partial charge in [-0.05, 0) is 24.6 Å². The molecule has 1 N–H and O–H groups in total. The largest absolute Gasteiger partial charge is 0.496 e. The summed E-state index contributed by atoms with van der Waals surface area (Å²) in [4.78, 5) is 33.1. The predicted molar refractivity (Wildman–Crippen MR) is 116 cm³/mol. The zero-order chi connectivity index (χ0) is 22.4. The van der Waals surface area contributed by atoms with Gasteiger partial charge in [-0.3, -0.25) is 9.48 Å². The number of ether oxygens (including phenoxy) is 2. The van der Waals surface area contributed by atoms with Gasteiger partial charge in [0, 0.05) is 32.9 Å². The number of methoxy groups -OCH3 is 2. The summed E-state index contributed by atoms with van der Waals surface area (Å²) in [7, 11) is 4.66. The minimum atomic E-state index is -0.466. The number of anilines is 1. The van der Waals surface area contributed by atoms with E-state index in [1.165, 1.54) is 14.2 Å². The summed E-state index contributed by atoms with van der Waals surface area (Å²) >= 11 is 0. The number of hydrogen-bond acceptors (Lipinski definition) is 6. The quantitative estimate of drug-likeness (QED) is 0.417. The van der Waals surface area contributed by atoms with Gasteiger partial charge in [0.15, 0.2) is 5.96 Å². The number of aryl methyl sites for hydroxylation is 1. The average molecular weight is 428 g/mol. The van der Waals surface area contributed by atoms with Gasteiger partial charge in [-0.15, -0.1) is 0 Å². The molecule has 0 aliphatic carbocycles. The molecule has 0 unspecified atom stereocenters. The molecule has 10 heteroatoms. The number of rotatable bonds is 6. The first-order valence-corrected chi connectivity index (χ1v) is 10.0. The van der Waals surface area contributed by atoms with Crippen LogP contribution in [0, 0.1) is 0 Å². The number of amides is 1. The van der Waals surface area contributed by atoms with E-state index in [2.05, 4.69) is 15.4 Å². The lowest BCUT2D eigenvalue weighted by atomic mass is 10.1. The summed E-state index contributed by atoms with van der Waals surface area (Å²) < 4.78 is 11.7. The van der Waals surface area contributed by atoms with Crippen LogP contribution in [0.25, 0.3) is 0 Å². The topological polar surface area (TPSA) is 101 Å². The molecule has 2 heterocycles. The number of carbonyl (C=O) groups excluding carboxylic acids is 2. The smallest absolute Gasteiger partial charge is 0.341 e. The molecule has 0 radical (unpaired) electrons. The van der Waals surface area contributed by atoms with Crippen molar-refractivity contribution in [1.29, 1.82) is 0 Å². The van der Waals surface area contributed by atoms with Crippen molar-refractivity contribution in [2.75, 3.05) is 45.3 Å². The lowest BCUT2D eigenvalue weighted by Gasteiger charge is -2.35. The summed E-state index contributed by atoms with van der Waals surface area (Å²) in [5.74, 6) is 0.620. The predicted octanol–water partition coefficient (Wildman–Crippen LogP) is 1.03. The lowest BCUT2D eigenvalue weighted by molar-refractivity contribution is -0.120. The van der Waals surface area contributed by atoms with Gasteiger partial charge < -0.3 is 24.6 Å². The highest BCUT2D eigenvalue weighted by Crippen LogP contribution is 2.21. The highest BCUT2D eigenvalue weighted by molar-refractivity contribution is 5.98. The molecule has 3 rings (SSSR count). The summed E-state index contributed by atoms with van der Waals surface area (Å²) in [5, 5.41) is 7.39. The molecule has 1 amide bonds. The van der Waals surface area contributed by atoms with Gasteiger partial charge in [-0.2, -0.15) is 5.10 Å². The second-order valence-electron chi connectivity index (χ2n) is 7.04. The Morgan fingerprint density at radius 1 is 1.29 bits per heavy atom. The Labute approximate surface area is 181 Å². The molecular formula is C21H28N6O4. The molecule has 1 aromatic carbocycles. The van der Waals surface area contributed by atoms with Gasteiger partial charge in [0.05, 0.1) is 32.6 Å². The van der Waals surface area contributed by atoms with Crippen LogP contribution in [0.3, 0.4) is 0 Å². The number of carbonyl (C=O) groups is 2. The van der Waals surface area contributed by atoms with Crippen LogP contribution in [0.1, 0.15) is 22.8 Å². The maximum absolute atomic E-state index is 12.7. The molecule has 1 saturated heterocycles. The van der Waals surface area contributed by atoms with Gasteiger partial charge in [0.25, 0.3) is 0 Å². The Morgan fingerprint density at radius 2 is 2.10 bits per heavy atom. The molecule has 2 aromatic rings. The molecule has 1 aromatic heterocycles. The van der Waals surface area contributed by atoms with Crippen LogP contribution < -0.4 is 15.0 Å². The van der Waals surface area contributed by atoms with E-state index in [9.17, 15) is 9.59 Å². The van der Waals surface area contributed by atoms with E-state index in [1.807, 2.05) is 31.1 Å². The van der Waals surface area contributed by atoms with Gasteiger partial charge in [0.2, 0.25) is 5.91 Å². The molecule has 0 atom stereocenters. The van der Waals surface area contributed by atoms with Gasteiger partial charge in [0.1, 0.15) is 17.9 Å². The van der Waals surface area contributed by atoms with Crippen LogP contribution in [-0.4, -0.2) is 72.9 Å². The minimum absolute atomic E-state index is 0.0118. The molecular weight excluding hydrogens is 400 g/mol. The Hall–Kier alpha value is -3.56. The van der Waals surface area contributed by atoms with Gasteiger partial charge in [-0.25, -0.2) is 9.79 Å². The van der Waals surface area contributed by atoms with E-state index in [1.54, 1.807) is 27.9 Å². The SMILES string of the molecule is CCNC(=NCc1ccc(OC)c(C(=O)OC)c1)N1CCN(c2cnn(C)c2)C(=O)C1. The van der Waals surface area contributed by atoms with E-state index < -0.39 is 5.97 Å². The Kier molecular flexibility index (Phi) is 7.11. The van der Waals surface area contributed by atoms with E-state index in [4.69, 9.17) is 9.47 Å². The summed E-state index contributed by atoms with van der Waals surface area (Å²) in [6, 6.07) is 5.29. The fourth-order valence-electron chi connectivity index (χ4n) is 3.39. The third-order valence-corrected chi connectivity index (χ3v) is 4.94. The minimum Gasteiger partial charge on any atom is -0.496 e. The monoisotopic (exact) mass is 428 g/mol. The third-order valence-electron chi connectivity index (χ3n) is 4.94. The summed E-state index contributed by atoms with van der Waals surface area (Å²) in [6.45, 7) is 4.40. The van der Waals surface area contributed by atoms with Crippen molar-refractivity contribution in [2.45, 2.75) is 13.5 Å². The lowest BCUT2D eigenvalue weighted by Crippen LogP contribution is -2.55. The highest BCUT2D eigenvalue weighted by atomic mass is 16.5. The van der Waals surface area contributed by atoms with Crippen LogP contribution in [0.5, 0.6) is 5.75 Å². The first-order chi connectivity index (χ1) is 15.0. The van der Waals surface area contributed by atoms with E-state index in [-0.39, 0.29) is 12.5 Å². The van der Waals surface area contributed by atoms with Crippen molar-refractivity contribution in [3.8, 4) is 5.75 Å². The van der Waals surface area contributed by atoms with E-state index in [0.717, 1.165) is 11.3 Å². The number of esters is 1. The van der Waals surface area contributed by atoms with Crippen molar-refractivity contribution < 1.29 is 19.1 Å². The second-order valence-corrected chi connectivity index (χ2v) is 7.04. The van der Waals surface area contributed by atoms with Crippen LogP contribution in [0.2, 0.25) is 0 Å². The van der Waals surface area contributed by atoms with Crippen molar-refractivity contribution in [1.82, 2.24) is 20.0 Å². The van der Waals surface area contributed by atoms with E-state index >= 15 is 0 Å². The Morgan fingerprint density at radius 3 is 2.71 bits per heavy atom. The molecule has 31 heavy (non-hydrogen) atoms. The van der Waals surface area contributed by atoms with Crippen LogP contribution in [0.4, 0.5) is 5.69 Å². The van der Waals surface area contributed by atoms with Crippen LogP contribution >= 0.6 is 0 Å². The molecule has 1 fully saturated rings. The molecule has 0 saturated carbocycles. The number of aromatic nitrogens is 2. The normalized spacial score (nSPS) is 14.6. The number of aliphatic imine (C=N–C) groups is 1. The third kappa shape index (κ3) is 5.14. The highest BCUT2D eigenvalue weighted by Gasteiger charge is 2.27. The van der Waals surface area contributed by atoms with Crippen LogP contribution in [0.15, 0.2) is 35.6 Å². The molecule has 1 aliphatic heterocycles. The molecule has 1 aliphatic rings. The van der Waals surface area contributed by atoms with Crippen molar-refractivity contribution in [3.63, 3.8) is 0 Å². The Balaban J connectivity index is 1.74. The molecule has 0 spiro atoms. The fraction of sp³-hybridized carbons (Fsp3) is 0.429. The van der Waals surface area contributed by atoms with Gasteiger partial charge >= 0.3 is 5.97 Å².